The van der Waals surface area contributed by atoms with Gasteiger partial charge in [0.05, 0.1) is 23.8 Å². The lowest BCUT2D eigenvalue weighted by atomic mass is 10.1. The topological polar surface area (TPSA) is 75.3 Å². The van der Waals surface area contributed by atoms with Crippen LogP contribution in [0.4, 0.5) is 5.69 Å². The third-order valence-electron chi connectivity index (χ3n) is 2.46. The van der Waals surface area contributed by atoms with Gasteiger partial charge in [0.1, 0.15) is 0 Å². The quantitative estimate of drug-likeness (QED) is 0.442. The van der Waals surface area contributed by atoms with Crippen molar-refractivity contribution in [2.24, 2.45) is 10.8 Å². The first-order valence-corrected chi connectivity index (χ1v) is 5.77. The standard InChI is InChI=1S/C12H13N5S/c1-14-10-6-15-11(7-16-17-12(13)18)9-5-3-2-4-8(9)10/h2-7,14H,1H3,(H3,13,17,18)/b16-7+. The first-order valence-electron chi connectivity index (χ1n) is 5.36. The first kappa shape index (κ1) is 12.3. The van der Waals surface area contributed by atoms with Gasteiger partial charge in [0.15, 0.2) is 5.11 Å². The molecule has 0 radical (unpaired) electrons. The van der Waals surface area contributed by atoms with E-state index in [9.17, 15) is 0 Å². The van der Waals surface area contributed by atoms with Crippen molar-refractivity contribution in [3.8, 4) is 0 Å². The molecule has 1 aromatic carbocycles. The maximum absolute atomic E-state index is 5.29. The molecular formula is C12H13N5S. The third kappa shape index (κ3) is 2.54. The molecule has 0 saturated heterocycles. The van der Waals surface area contributed by atoms with E-state index < -0.39 is 0 Å². The number of aromatic nitrogens is 1. The van der Waals surface area contributed by atoms with E-state index in [-0.39, 0.29) is 5.11 Å². The molecule has 1 heterocycles. The van der Waals surface area contributed by atoms with Gasteiger partial charge >= 0.3 is 0 Å². The van der Waals surface area contributed by atoms with E-state index in [0.717, 1.165) is 22.2 Å². The van der Waals surface area contributed by atoms with Gasteiger partial charge in [-0.15, -0.1) is 0 Å². The van der Waals surface area contributed by atoms with Crippen LogP contribution in [0.25, 0.3) is 10.8 Å². The molecule has 0 bridgehead atoms. The SMILES string of the molecule is CNc1cnc(/C=N/NC(N)=S)c2ccccc12. The number of benzene rings is 1. The van der Waals surface area contributed by atoms with Crippen LogP contribution >= 0.6 is 12.2 Å². The molecule has 0 aliphatic carbocycles. The summed E-state index contributed by atoms with van der Waals surface area (Å²) >= 11 is 4.67. The number of nitrogens with one attached hydrogen (secondary N) is 2. The Labute approximate surface area is 110 Å². The second-order valence-electron chi connectivity index (χ2n) is 3.59. The molecule has 5 nitrogen and oxygen atoms in total. The van der Waals surface area contributed by atoms with Crippen molar-refractivity contribution >= 4 is 40.0 Å². The lowest BCUT2D eigenvalue weighted by Gasteiger charge is -2.07. The van der Waals surface area contributed by atoms with Crippen LogP contribution in [0.15, 0.2) is 35.6 Å². The highest BCUT2D eigenvalue weighted by Gasteiger charge is 2.04. The minimum absolute atomic E-state index is 0.127. The molecule has 0 unspecified atom stereocenters. The molecule has 6 heteroatoms. The Morgan fingerprint density at radius 1 is 1.39 bits per heavy atom. The third-order valence-corrected chi connectivity index (χ3v) is 2.55. The molecule has 0 atom stereocenters. The predicted molar refractivity (Wildman–Crippen MR) is 78.8 cm³/mol. The Morgan fingerprint density at radius 3 is 2.78 bits per heavy atom. The molecule has 0 saturated carbocycles. The minimum atomic E-state index is 0.127. The van der Waals surface area contributed by atoms with Crippen LogP contribution in [0.3, 0.4) is 0 Å². The van der Waals surface area contributed by atoms with Gasteiger partial charge in [0.2, 0.25) is 0 Å². The molecule has 2 aromatic rings. The Bertz CT molecular complexity index is 608. The summed E-state index contributed by atoms with van der Waals surface area (Å²) in [5.41, 5.74) is 9.54. The zero-order chi connectivity index (χ0) is 13.0. The summed E-state index contributed by atoms with van der Waals surface area (Å²) in [5, 5.41) is 9.26. The second-order valence-corrected chi connectivity index (χ2v) is 4.03. The maximum Gasteiger partial charge on any atom is 0.184 e. The van der Waals surface area contributed by atoms with Gasteiger partial charge in [-0.25, -0.2) is 0 Å². The normalized spacial score (nSPS) is 10.7. The van der Waals surface area contributed by atoms with Crippen LogP contribution in [0.5, 0.6) is 0 Å². The molecule has 92 valence electrons. The average Bonchev–Trinajstić information content (AvgIpc) is 2.38. The van der Waals surface area contributed by atoms with Crippen molar-refractivity contribution in [2.75, 3.05) is 12.4 Å². The fraction of sp³-hybridized carbons (Fsp3) is 0.0833. The summed E-state index contributed by atoms with van der Waals surface area (Å²) in [6.07, 6.45) is 3.37. The van der Waals surface area contributed by atoms with Crippen molar-refractivity contribution in [3.63, 3.8) is 0 Å². The number of pyridine rings is 1. The summed E-state index contributed by atoms with van der Waals surface area (Å²) < 4.78 is 0. The maximum atomic E-state index is 5.29. The number of rotatable bonds is 3. The van der Waals surface area contributed by atoms with E-state index in [1.807, 2.05) is 31.3 Å². The van der Waals surface area contributed by atoms with Crippen LogP contribution in [0.2, 0.25) is 0 Å². The van der Waals surface area contributed by atoms with Gasteiger partial charge in [-0.2, -0.15) is 5.10 Å². The monoisotopic (exact) mass is 259 g/mol. The van der Waals surface area contributed by atoms with Crippen LogP contribution in [-0.2, 0) is 0 Å². The van der Waals surface area contributed by atoms with Crippen molar-refractivity contribution < 1.29 is 0 Å². The molecule has 4 N–H and O–H groups in total. The van der Waals surface area contributed by atoms with Crippen molar-refractivity contribution in [3.05, 3.63) is 36.2 Å². The number of thiocarbonyl (C=S) groups is 1. The fourth-order valence-corrected chi connectivity index (χ4v) is 1.73. The summed E-state index contributed by atoms with van der Waals surface area (Å²) in [7, 11) is 1.87. The Kier molecular flexibility index (Phi) is 3.69. The van der Waals surface area contributed by atoms with E-state index in [2.05, 4.69) is 33.0 Å². The smallest absolute Gasteiger partial charge is 0.184 e. The van der Waals surface area contributed by atoms with Gasteiger partial charge < -0.3 is 11.1 Å². The largest absolute Gasteiger partial charge is 0.386 e. The Balaban J connectivity index is 2.46. The van der Waals surface area contributed by atoms with Gasteiger partial charge in [-0.1, -0.05) is 24.3 Å². The van der Waals surface area contributed by atoms with Crippen molar-refractivity contribution in [1.29, 1.82) is 0 Å². The highest BCUT2D eigenvalue weighted by Crippen LogP contribution is 2.23. The van der Waals surface area contributed by atoms with E-state index in [4.69, 9.17) is 5.73 Å². The van der Waals surface area contributed by atoms with Crippen LogP contribution in [0.1, 0.15) is 5.69 Å². The van der Waals surface area contributed by atoms with Crippen molar-refractivity contribution in [2.45, 2.75) is 0 Å². The number of hydrogen-bond donors (Lipinski definition) is 3. The van der Waals surface area contributed by atoms with Crippen LogP contribution < -0.4 is 16.5 Å². The zero-order valence-electron chi connectivity index (χ0n) is 9.84. The van der Waals surface area contributed by atoms with Crippen LogP contribution in [0, 0.1) is 0 Å². The molecule has 0 aliphatic heterocycles. The predicted octanol–water partition coefficient (Wildman–Crippen LogP) is 1.44. The Morgan fingerprint density at radius 2 is 2.11 bits per heavy atom. The second kappa shape index (κ2) is 5.42. The van der Waals surface area contributed by atoms with E-state index in [1.54, 1.807) is 12.4 Å². The number of anilines is 1. The minimum Gasteiger partial charge on any atom is -0.386 e. The molecule has 2 rings (SSSR count). The van der Waals surface area contributed by atoms with E-state index in [0.29, 0.717) is 0 Å². The molecular weight excluding hydrogens is 246 g/mol. The van der Waals surface area contributed by atoms with Crippen LogP contribution in [-0.4, -0.2) is 23.4 Å². The summed E-state index contributed by atoms with van der Waals surface area (Å²) in [6.45, 7) is 0. The average molecular weight is 259 g/mol. The molecule has 0 amide bonds. The van der Waals surface area contributed by atoms with Gasteiger partial charge in [0, 0.05) is 17.8 Å². The number of hydrazone groups is 1. The molecule has 0 aliphatic rings. The highest BCUT2D eigenvalue weighted by molar-refractivity contribution is 7.80. The summed E-state index contributed by atoms with van der Waals surface area (Å²) in [6, 6.07) is 7.96. The van der Waals surface area contributed by atoms with E-state index >= 15 is 0 Å². The Hall–Kier alpha value is -2.21. The van der Waals surface area contributed by atoms with E-state index in [1.165, 1.54) is 0 Å². The number of nitrogens with zero attached hydrogens (tertiary/aromatic N) is 2. The zero-order valence-corrected chi connectivity index (χ0v) is 10.7. The number of nitrogens with two attached hydrogens (primary N) is 1. The van der Waals surface area contributed by atoms with Gasteiger partial charge in [-0.3, -0.25) is 10.4 Å². The molecule has 18 heavy (non-hydrogen) atoms. The summed E-state index contributed by atoms with van der Waals surface area (Å²) in [4.78, 5) is 4.34. The molecule has 0 spiro atoms. The highest BCUT2D eigenvalue weighted by atomic mass is 32.1. The summed E-state index contributed by atoms with van der Waals surface area (Å²) in [5.74, 6) is 0. The lowest BCUT2D eigenvalue weighted by Crippen LogP contribution is -2.24. The van der Waals surface area contributed by atoms with Gasteiger partial charge in [0.25, 0.3) is 0 Å². The molecule has 1 aromatic heterocycles. The number of fused-ring (bicyclic) bond motifs is 1. The van der Waals surface area contributed by atoms with Gasteiger partial charge in [-0.05, 0) is 12.2 Å². The number of hydrogen-bond acceptors (Lipinski definition) is 4. The first-order chi connectivity index (χ1) is 8.72. The molecule has 0 fully saturated rings. The fourth-order valence-electron chi connectivity index (χ4n) is 1.67. The van der Waals surface area contributed by atoms with Crippen molar-refractivity contribution in [1.82, 2.24) is 10.4 Å². The lowest BCUT2D eigenvalue weighted by molar-refractivity contribution is 1.04.